The normalized spacial score (nSPS) is 10.4. The molecular weight excluding hydrogens is 216 g/mol. The number of hydrogen-bond donors (Lipinski definition) is 1. The van der Waals surface area contributed by atoms with Crippen LogP contribution in [-0.4, -0.2) is 13.4 Å². The lowest BCUT2D eigenvalue weighted by Gasteiger charge is -1.97. The van der Waals surface area contributed by atoms with Crippen molar-refractivity contribution < 1.29 is 9.53 Å². The van der Waals surface area contributed by atoms with E-state index in [0.29, 0.717) is 5.56 Å². The van der Waals surface area contributed by atoms with E-state index in [9.17, 15) is 4.79 Å². The number of thiol groups is 1. The van der Waals surface area contributed by atoms with Gasteiger partial charge in [0.15, 0.2) is 11.3 Å². The molecule has 0 atom stereocenters. The summed E-state index contributed by atoms with van der Waals surface area (Å²) in [4.78, 5) is 11.4. The molecule has 0 aliphatic rings. The first kappa shape index (κ1) is 9.55. The maximum atomic E-state index is 10.7. The first-order valence-corrected chi connectivity index (χ1v) is 5.27. The molecule has 2 rings (SSSR count). The number of carbonyl (C=O) groups excluding carboxylic acids is 1. The molecule has 4 heteroatoms. The largest absolute Gasteiger partial charge is 0.487 e. The van der Waals surface area contributed by atoms with E-state index in [-0.39, 0.29) is 0 Å². The maximum Gasteiger partial charge on any atom is 0.174 e. The van der Waals surface area contributed by atoms with Gasteiger partial charge in [-0.25, -0.2) is 0 Å². The topological polar surface area (TPSA) is 26.3 Å². The molecule has 1 heterocycles. The zero-order valence-electron chi connectivity index (χ0n) is 7.48. The molecule has 2 aromatic rings. The van der Waals surface area contributed by atoms with Crippen molar-refractivity contribution in [3.8, 4) is 5.06 Å². The van der Waals surface area contributed by atoms with Crippen LogP contribution in [0.25, 0.3) is 10.1 Å². The van der Waals surface area contributed by atoms with Crippen LogP contribution in [0.5, 0.6) is 5.06 Å². The SMILES string of the molecule is COc1cc2c(S)c(C=O)ccc2s1. The van der Waals surface area contributed by atoms with Crippen molar-refractivity contribution in [1.29, 1.82) is 0 Å². The Balaban J connectivity index is 2.74. The van der Waals surface area contributed by atoms with Gasteiger partial charge in [-0.3, -0.25) is 4.79 Å². The summed E-state index contributed by atoms with van der Waals surface area (Å²) in [6.45, 7) is 0. The van der Waals surface area contributed by atoms with Gasteiger partial charge < -0.3 is 4.74 Å². The van der Waals surface area contributed by atoms with Crippen LogP contribution >= 0.6 is 24.0 Å². The van der Waals surface area contributed by atoms with Crippen LogP contribution in [0.1, 0.15) is 10.4 Å². The standard InChI is InChI=1S/C10H8O2S2/c1-12-9-4-7-8(14-9)3-2-6(5-11)10(7)13/h2-5,13H,1H3. The van der Waals surface area contributed by atoms with Gasteiger partial charge in [-0.1, -0.05) is 11.3 Å². The number of fused-ring (bicyclic) bond motifs is 1. The van der Waals surface area contributed by atoms with Crippen LogP contribution in [0.3, 0.4) is 0 Å². The highest BCUT2D eigenvalue weighted by molar-refractivity contribution is 7.80. The quantitative estimate of drug-likeness (QED) is 0.627. The minimum Gasteiger partial charge on any atom is -0.487 e. The number of rotatable bonds is 2. The van der Waals surface area contributed by atoms with Crippen LogP contribution in [0, 0.1) is 0 Å². The van der Waals surface area contributed by atoms with Gasteiger partial charge in [-0.2, -0.15) is 0 Å². The highest BCUT2D eigenvalue weighted by Crippen LogP contribution is 2.35. The molecular formula is C10H8O2S2. The molecule has 0 aliphatic heterocycles. The Hall–Kier alpha value is -1.00. The molecule has 1 aromatic heterocycles. The molecule has 14 heavy (non-hydrogen) atoms. The van der Waals surface area contributed by atoms with E-state index < -0.39 is 0 Å². The van der Waals surface area contributed by atoms with E-state index in [4.69, 9.17) is 4.74 Å². The van der Waals surface area contributed by atoms with Crippen molar-refractivity contribution in [2.24, 2.45) is 0 Å². The van der Waals surface area contributed by atoms with Crippen LogP contribution in [-0.2, 0) is 0 Å². The van der Waals surface area contributed by atoms with Crippen LogP contribution in [0.2, 0.25) is 0 Å². The summed E-state index contributed by atoms with van der Waals surface area (Å²) in [5, 5.41) is 1.80. The molecule has 72 valence electrons. The van der Waals surface area contributed by atoms with E-state index in [0.717, 1.165) is 26.3 Å². The molecule has 0 radical (unpaired) electrons. The summed E-state index contributed by atoms with van der Waals surface area (Å²) >= 11 is 5.86. The van der Waals surface area contributed by atoms with Gasteiger partial charge in [0.05, 0.1) is 7.11 Å². The number of aldehydes is 1. The fraction of sp³-hybridized carbons (Fsp3) is 0.100. The lowest BCUT2D eigenvalue weighted by atomic mass is 10.2. The summed E-state index contributed by atoms with van der Waals surface area (Å²) in [6, 6.07) is 5.58. The predicted octanol–water partition coefficient (Wildman–Crippen LogP) is 3.01. The van der Waals surface area contributed by atoms with Gasteiger partial charge in [0.25, 0.3) is 0 Å². The second kappa shape index (κ2) is 3.63. The molecule has 0 amide bonds. The third-order valence-electron chi connectivity index (χ3n) is 2.01. The lowest BCUT2D eigenvalue weighted by Crippen LogP contribution is -1.81. The van der Waals surface area contributed by atoms with Gasteiger partial charge >= 0.3 is 0 Å². The summed E-state index contributed by atoms with van der Waals surface area (Å²) in [5.41, 5.74) is 0.612. The van der Waals surface area contributed by atoms with Crippen molar-refractivity contribution in [3.05, 3.63) is 23.8 Å². The first-order valence-electron chi connectivity index (χ1n) is 4.01. The molecule has 0 saturated carbocycles. The summed E-state index contributed by atoms with van der Waals surface area (Å²) < 4.78 is 6.20. The van der Waals surface area contributed by atoms with Crippen LogP contribution in [0.15, 0.2) is 23.1 Å². The Morgan fingerprint density at radius 2 is 2.29 bits per heavy atom. The van der Waals surface area contributed by atoms with E-state index in [1.807, 2.05) is 12.1 Å². The molecule has 0 saturated heterocycles. The molecule has 1 aromatic carbocycles. The Morgan fingerprint density at radius 3 is 2.93 bits per heavy atom. The zero-order valence-corrected chi connectivity index (χ0v) is 9.19. The minimum absolute atomic E-state index is 0.612. The molecule has 0 N–H and O–H groups in total. The number of thiophene rings is 1. The first-order chi connectivity index (χ1) is 6.76. The van der Waals surface area contributed by atoms with Crippen molar-refractivity contribution in [3.63, 3.8) is 0 Å². The van der Waals surface area contributed by atoms with Crippen molar-refractivity contribution >= 4 is 40.3 Å². The molecule has 2 nitrogen and oxygen atoms in total. The molecule has 0 aliphatic carbocycles. The minimum atomic E-state index is 0.612. The third-order valence-corrected chi connectivity index (χ3v) is 3.57. The van der Waals surface area contributed by atoms with Crippen molar-refractivity contribution in [1.82, 2.24) is 0 Å². The highest BCUT2D eigenvalue weighted by Gasteiger charge is 2.07. The smallest absolute Gasteiger partial charge is 0.174 e. The van der Waals surface area contributed by atoms with E-state index in [1.165, 1.54) is 0 Å². The Morgan fingerprint density at radius 1 is 1.50 bits per heavy atom. The zero-order chi connectivity index (χ0) is 10.1. The summed E-state index contributed by atoms with van der Waals surface area (Å²) in [5.74, 6) is 0. The highest BCUT2D eigenvalue weighted by atomic mass is 32.1. The monoisotopic (exact) mass is 224 g/mol. The molecule has 0 unspecified atom stereocenters. The van der Waals surface area contributed by atoms with E-state index in [1.54, 1.807) is 24.5 Å². The van der Waals surface area contributed by atoms with Gasteiger partial charge in [-0.15, -0.1) is 12.6 Å². The number of carbonyl (C=O) groups is 1. The molecule has 0 spiro atoms. The van der Waals surface area contributed by atoms with Crippen molar-refractivity contribution in [2.75, 3.05) is 7.11 Å². The number of ether oxygens (including phenoxy) is 1. The Bertz CT molecular complexity index is 488. The predicted molar refractivity (Wildman–Crippen MR) is 61.0 cm³/mol. The van der Waals surface area contributed by atoms with Gasteiger partial charge in [0, 0.05) is 26.6 Å². The fourth-order valence-electron chi connectivity index (χ4n) is 1.29. The average molecular weight is 224 g/mol. The maximum absolute atomic E-state index is 10.7. The molecule has 0 fully saturated rings. The fourth-order valence-corrected chi connectivity index (χ4v) is 2.56. The van der Waals surface area contributed by atoms with Gasteiger partial charge in [0.2, 0.25) is 0 Å². The Labute approximate surface area is 90.9 Å². The van der Waals surface area contributed by atoms with Gasteiger partial charge in [0.1, 0.15) is 0 Å². The third kappa shape index (κ3) is 1.40. The summed E-state index contributed by atoms with van der Waals surface area (Å²) in [7, 11) is 1.63. The van der Waals surface area contributed by atoms with E-state index >= 15 is 0 Å². The summed E-state index contributed by atoms with van der Waals surface area (Å²) in [6.07, 6.45) is 0.811. The van der Waals surface area contributed by atoms with Crippen molar-refractivity contribution in [2.45, 2.75) is 4.90 Å². The second-order valence-electron chi connectivity index (χ2n) is 2.80. The number of hydrogen-bond acceptors (Lipinski definition) is 4. The number of methoxy groups -OCH3 is 1. The van der Waals surface area contributed by atoms with E-state index in [2.05, 4.69) is 12.6 Å². The second-order valence-corrected chi connectivity index (χ2v) is 4.30. The van der Waals surface area contributed by atoms with Gasteiger partial charge in [-0.05, 0) is 12.1 Å². The van der Waals surface area contributed by atoms with Crippen LogP contribution < -0.4 is 4.74 Å². The molecule has 0 bridgehead atoms. The Kier molecular flexibility index (Phi) is 2.48. The average Bonchev–Trinajstić information content (AvgIpc) is 2.62. The number of benzene rings is 1. The van der Waals surface area contributed by atoms with Crippen LogP contribution in [0.4, 0.5) is 0 Å². The lowest BCUT2D eigenvalue weighted by molar-refractivity contribution is 0.112.